The number of ketones is 4. The van der Waals surface area contributed by atoms with Crippen molar-refractivity contribution >= 4 is 23.1 Å². The topological polar surface area (TPSA) is 94.6 Å². The van der Waals surface area contributed by atoms with Gasteiger partial charge in [-0.2, -0.15) is 0 Å². The summed E-state index contributed by atoms with van der Waals surface area (Å²) in [6.45, 7) is 13.6. The molecule has 0 saturated heterocycles. The first-order valence-electron chi connectivity index (χ1n) is 11.3. The van der Waals surface area contributed by atoms with E-state index in [-0.39, 0.29) is 23.1 Å². The third-order valence-corrected chi connectivity index (χ3v) is 6.91. The third kappa shape index (κ3) is 4.17. The van der Waals surface area contributed by atoms with E-state index in [2.05, 4.69) is 0 Å². The van der Waals surface area contributed by atoms with Gasteiger partial charge in [0.2, 0.25) is 0 Å². The molecule has 3 heterocycles. The van der Waals surface area contributed by atoms with Crippen LogP contribution in [0.5, 0.6) is 0 Å². The summed E-state index contributed by atoms with van der Waals surface area (Å²) in [5, 5.41) is 0. The fraction of sp³-hybridized carbons (Fsp3) is 0.429. The van der Waals surface area contributed by atoms with E-state index in [0.717, 1.165) is 0 Å². The molecule has 0 aliphatic carbocycles. The van der Waals surface area contributed by atoms with E-state index in [4.69, 9.17) is 8.83 Å². The summed E-state index contributed by atoms with van der Waals surface area (Å²) in [5.41, 5.74) is -4.23. The molecule has 2 aromatic heterocycles. The molecule has 0 atom stereocenters. The minimum absolute atomic E-state index is 0.311. The SMILES string of the molecule is CC1(C)C(=O)/C=C\C(=O)C(C)(C)c2ccc(o2)C(C)(C)C(=O)/C=C\C(=O)C(C)(C)c2ccc1o2. The zero-order valence-corrected chi connectivity index (χ0v) is 21.1. The number of allylic oxidation sites excluding steroid dienone is 4. The van der Waals surface area contributed by atoms with Crippen LogP contribution in [0, 0.1) is 0 Å². The average Bonchev–Trinajstić information content (AvgIpc) is 3.45. The van der Waals surface area contributed by atoms with Gasteiger partial charge in [-0.25, -0.2) is 0 Å². The molecular weight excluding hydrogens is 432 g/mol. The number of hydrogen-bond acceptors (Lipinski definition) is 6. The Kier molecular flexibility index (Phi) is 6.10. The van der Waals surface area contributed by atoms with E-state index in [1.807, 2.05) is 0 Å². The first-order chi connectivity index (χ1) is 15.5. The first-order valence-corrected chi connectivity index (χ1v) is 11.3. The van der Waals surface area contributed by atoms with Gasteiger partial charge in [-0.3, -0.25) is 19.2 Å². The van der Waals surface area contributed by atoms with E-state index >= 15 is 0 Å². The highest BCUT2D eigenvalue weighted by molar-refractivity contribution is 6.07. The van der Waals surface area contributed by atoms with E-state index in [1.165, 1.54) is 24.3 Å². The number of hydrogen-bond donors (Lipinski definition) is 0. The number of carbonyl (C=O) groups is 4. The zero-order chi connectivity index (χ0) is 25.7. The minimum Gasteiger partial charge on any atom is -0.464 e. The Bertz CT molecular complexity index is 1040. The molecule has 4 bridgehead atoms. The summed E-state index contributed by atoms with van der Waals surface area (Å²) >= 11 is 0. The maximum atomic E-state index is 13.0. The monoisotopic (exact) mass is 464 g/mol. The third-order valence-electron chi connectivity index (χ3n) is 6.91. The molecule has 0 N–H and O–H groups in total. The molecule has 2 aromatic rings. The van der Waals surface area contributed by atoms with Gasteiger partial charge in [0, 0.05) is 0 Å². The molecule has 0 saturated carbocycles. The lowest BCUT2D eigenvalue weighted by Crippen LogP contribution is -2.31. The summed E-state index contributed by atoms with van der Waals surface area (Å²) in [7, 11) is 0. The standard InChI is InChI=1S/C28H32O6/c1-25(2)17(29)9-10-18(30)27(5,6)23-15-16-24(34-23)28(7,8)20(32)12-11-19(31)26(3,4)22-14-13-21(25)33-22/h9-16H,1-8H3/b10-9-,12-11-. The van der Waals surface area contributed by atoms with Crippen molar-refractivity contribution in [1.82, 2.24) is 0 Å². The Labute approximate surface area is 200 Å². The Morgan fingerprint density at radius 3 is 0.765 bits per heavy atom. The van der Waals surface area contributed by atoms with Gasteiger partial charge in [-0.15, -0.1) is 0 Å². The quantitative estimate of drug-likeness (QED) is 0.539. The van der Waals surface area contributed by atoms with E-state index in [1.54, 1.807) is 79.7 Å². The van der Waals surface area contributed by atoms with Gasteiger partial charge in [-0.05, 0) is 104 Å². The molecular formula is C28H32O6. The van der Waals surface area contributed by atoms with E-state index < -0.39 is 21.7 Å². The van der Waals surface area contributed by atoms with Crippen LogP contribution in [0.2, 0.25) is 0 Å². The molecule has 0 spiro atoms. The van der Waals surface area contributed by atoms with Crippen molar-refractivity contribution in [2.45, 2.75) is 77.0 Å². The minimum atomic E-state index is -1.06. The predicted molar refractivity (Wildman–Crippen MR) is 128 cm³/mol. The van der Waals surface area contributed by atoms with E-state index in [9.17, 15) is 19.2 Å². The van der Waals surface area contributed by atoms with Crippen molar-refractivity contribution in [3.05, 3.63) is 71.6 Å². The van der Waals surface area contributed by atoms with Crippen molar-refractivity contribution < 1.29 is 28.0 Å². The van der Waals surface area contributed by atoms with Crippen LogP contribution in [-0.2, 0) is 40.8 Å². The normalized spacial score (nSPS) is 23.8. The Morgan fingerprint density at radius 2 is 0.588 bits per heavy atom. The maximum Gasteiger partial charge on any atom is 0.168 e. The molecule has 34 heavy (non-hydrogen) atoms. The lowest BCUT2D eigenvalue weighted by atomic mass is 9.82. The zero-order valence-electron chi connectivity index (χ0n) is 21.1. The smallest absolute Gasteiger partial charge is 0.168 e. The van der Waals surface area contributed by atoms with E-state index in [0.29, 0.717) is 23.0 Å². The fourth-order valence-electron chi connectivity index (χ4n) is 3.64. The van der Waals surface area contributed by atoms with Gasteiger partial charge in [0.1, 0.15) is 23.0 Å². The molecule has 1 aliphatic rings. The van der Waals surface area contributed by atoms with Crippen LogP contribution in [0.3, 0.4) is 0 Å². The Balaban J connectivity index is 2.16. The van der Waals surface area contributed by atoms with Gasteiger partial charge in [0.15, 0.2) is 23.1 Å². The second kappa shape index (κ2) is 8.19. The molecule has 6 nitrogen and oxygen atoms in total. The van der Waals surface area contributed by atoms with Crippen molar-refractivity contribution in [3.8, 4) is 0 Å². The van der Waals surface area contributed by atoms with Crippen LogP contribution in [-0.4, -0.2) is 23.1 Å². The number of furan rings is 2. The number of rotatable bonds is 0. The molecule has 0 radical (unpaired) electrons. The van der Waals surface area contributed by atoms with Crippen molar-refractivity contribution in [1.29, 1.82) is 0 Å². The van der Waals surface area contributed by atoms with Crippen LogP contribution in [0.25, 0.3) is 0 Å². The molecule has 3 rings (SSSR count). The number of carbonyl (C=O) groups excluding carboxylic acids is 4. The van der Waals surface area contributed by atoms with Gasteiger partial charge in [0.25, 0.3) is 0 Å². The van der Waals surface area contributed by atoms with Gasteiger partial charge in [-0.1, -0.05) is 0 Å². The first kappa shape index (κ1) is 25.3. The van der Waals surface area contributed by atoms with Crippen molar-refractivity contribution in [3.63, 3.8) is 0 Å². The van der Waals surface area contributed by atoms with Crippen molar-refractivity contribution in [2.24, 2.45) is 0 Å². The maximum absolute atomic E-state index is 13.0. The Hall–Kier alpha value is -3.28. The lowest BCUT2D eigenvalue weighted by Gasteiger charge is -2.23. The summed E-state index contributed by atoms with van der Waals surface area (Å²) in [6, 6.07) is 6.66. The van der Waals surface area contributed by atoms with Crippen LogP contribution < -0.4 is 0 Å². The second-order valence-electron chi connectivity index (χ2n) is 11.0. The second-order valence-corrected chi connectivity index (χ2v) is 11.0. The van der Waals surface area contributed by atoms with Crippen LogP contribution in [0.4, 0.5) is 0 Å². The molecule has 0 amide bonds. The van der Waals surface area contributed by atoms with Crippen molar-refractivity contribution in [2.75, 3.05) is 0 Å². The van der Waals surface area contributed by atoms with Crippen LogP contribution >= 0.6 is 0 Å². The highest BCUT2D eigenvalue weighted by atomic mass is 16.3. The lowest BCUT2D eigenvalue weighted by molar-refractivity contribution is -0.122. The Morgan fingerprint density at radius 1 is 0.412 bits per heavy atom. The highest BCUT2D eigenvalue weighted by Gasteiger charge is 2.39. The molecule has 6 heteroatoms. The fourth-order valence-corrected chi connectivity index (χ4v) is 3.64. The predicted octanol–water partition coefficient (Wildman–Crippen LogP) is 5.09. The summed E-state index contributed by atoms with van der Waals surface area (Å²) < 4.78 is 11.9. The van der Waals surface area contributed by atoms with Crippen LogP contribution in [0.15, 0.2) is 57.4 Å². The molecule has 180 valence electrons. The largest absolute Gasteiger partial charge is 0.464 e. The van der Waals surface area contributed by atoms with Gasteiger partial charge in [0.05, 0.1) is 21.7 Å². The van der Waals surface area contributed by atoms with Gasteiger partial charge >= 0.3 is 0 Å². The summed E-state index contributed by atoms with van der Waals surface area (Å²) in [4.78, 5) is 52.1. The molecule has 1 aliphatic heterocycles. The summed E-state index contributed by atoms with van der Waals surface area (Å²) in [6.07, 6.45) is 5.02. The molecule has 0 fully saturated rings. The summed E-state index contributed by atoms with van der Waals surface area (Å²) in [5.74, 6) is 0.268. The van der Waals surface area contributed by atoms with Gasteiger partial charge < -0.3 is 8.83 Å². The highest BCUT2D eigenvalue weighted by Crippen LogP contribution is 2.35. The number of fused-ring (bicyclic) bond motifs is 4. The average molecular weight is 465 g/mol. The molecule has 0 aromatic carbocycles. The molecule has 0 unspecified atom stereocenters. The van der Waals surface area contributed by atoms with Crippen LogP contribution in [0.1, 0.15) is 78.4 Å².